The SMILES string of the molecule is C=C.C=C.C=C.Cl.Cl.Cl.Cl. The fourth-order valence-electron chi connectivity index (χ4n) is 0. The van der Waals surface area contributed by atoms with Crippen molar-refractivity contribution in [2.45, 2.75) is 0 Å². The van der Waals surface area contributed by atoms with Gasteiger partial charge >= 0.3 is 0 Å². The first-order valence-electron chi connectivity index (χ1n) is 1.50. The van der Waals surface area contributed by atoms with Crippen molar-refractivity contribution in [1.29, 1.82) is 0 Å². The summed E-state index contributed by atoms with van der Waals surface area (Å²) in [4.78, 5) is 0. The van der Waals surface area contributed by atoms with Crippen LogP contribution in [-0.4, -0.2) is 0 Å². The van der Waals surface area contributed by atoms with Crippen molar-refractivity contribution in [2.75, 3.05) is 0 Å². The standard InChI is InChI=1S/3C2H4.4ClH/c3*1-2;;;;/h3*1-2H2;4*1H. The fraction of sp³-hybridized carbons (Fsp3) is 0. The summed E-state index contributed by atoms with van der Waals surface area (Å²) in [7, 11) is 0. The molecule has 0 radical (unpaired) electrons. The lowest BCUT2D eigenvalue weighted by molar-refractivity contribution is 2.81. The second kappa shape index (κ2) is 4560. The maximum Gasteiger partial charge on any atom is -0.106 e. The summed E-state index contributed by atoms with van der Waals surface area (Å²) in [5, 5.41) is 0. The van der Waals surface area contributed by atoms with E-state index in [9.17, 15) is 0 Å². The predicted molar refractivity (Wildman–Crippen MR) is 62.8 cm³/mol. The van der Waals surface area contributed by atoms with E-state index >= 15 is 0 Å². The second-order valence-corrected chi connectivity index (χ2v) is 0. The predicted octanol–water partition coefficient (Wildman–Crippen LogP) is 4.09. The summed E-state index contributed by atoms with van der Waals surface area (Å²) in [6, 6.07) is 0. The largest absolute Gasteiger partial charge is 0.147 e. The van der Waals surface area contributed by atoms with Crippen molar-refractivity contribution < 1.29 is 0 Å². The smallest absolute Gasteiger partial charge is 0.106 e. The van der Waals surface area contributed by atoms with Gasteiger partial charge in [-0.15, -0.1) is 89.1 Å². The Labute approximate surface area is 89.1 Å². The third-order valence-corrected chi connectivity index (χ3v) is 0. The van der Waals surface area contributed by atoms with Gasteiger partial charge in [0.25, 0.3) is 0 Å². The summed E-state index contributed by atoms with van der Waals surface area (Å²) in [5.41, 5.74) is 0. The van der Waals surface area contributed by atoms with E-state index in [1.165, 1.54) is 0 Å². The Bertz CT molecular complexity index is 14.5. The fourth-order valence-corrected chi connectivity index (χ4v) is 0. The zero-order chi connectivity index (χ0) is 6.00. The number of rotatable bonds is 0. The molecule has 0 saturated heterocycles. The molecule has 0 aliphatic carbocycles. The molecule has 0 bridgehead atoms. The van der Waals surface area contributed by atoms with Crippen LogP contribution in [0.15, 0.2) is 39.5 Å². The van der Waals surface area contributed by atoms with Gasteiger partial charge < -0.3 is 0 Å². The molecule has 0 aromatic heterocycles. The van der Waals surface area contributed by atoms with E-state index in [1.54, 1.807) is 0 Å². The third-order valence-electron chi connectivity index (χ3n) is 0. The lowest BCUT2D eigenvalue weighted by Crippen LogP contribution is -0.552. The first kappa shape index (κ1) is 79.9. The van der Waals surface area contributed by atoms with Crippen LogP contribution in [0.5, 0.6) is 0 Å². The molecule has 0 fully saturated rings. The summed E-state index contributed by atoms with van der Waals surface area (Å²) < 4.78 is 0. The van der Waals surface area contributed by atoms with Crippen molar-refractivity contribution in [2.24, 2.45) is 0 Å². The molecular formula is C6H16Cl4. The third kappa shape index (κ3) is 3160. The van der Waals surface area contributed by atoms with Crippen LogP contribution in [0.1, 0.15) is 0 Å². The van der Waals surface area contributed by atoms with E-state index in [4.69, 9.17) is 0 Å². The van der Waals surface area contributed by atoms with Crippen LogP contribution < -0.4 is 0 Å². The second-order valence-electron chi connectivity index (χ2n) is 0. The van der Waals surface area contributed by atoms with E-state index < -0.39 is 0 Å². The summed E-state index contributed by atoms with van der Waals surface area (Å²) >= 11 is 0. The zero-order valence-electron chi connectivity index (χ0n) is 5.88. The lowest BCUT2D eigenvalue weighted by Gasteiger charge is -0.813. The van der Waals surface area contributed by atoms with E-state index in [0.29, 0.717) is 0 Å². The minimum Gasteiger partial charge on any atom is -0.147 e. The minimum absolute atomic E-state index is 0. The summed E-state index contributed by atoms with van der Waals surface area (Å²) in [5.74, 6) is 0. The Hall–Kier alpha value is 0.380. The highest BCUT2D eigenvalue weighted by Crippen LogP contribution is 0.866. The maximum absolute atomic E-state index is 3.00. The molecule has 0 nitrogen and oxygen atoms in total. The molecule has 0 N–H and O–H groups in total. The lowest BCUT2D eigenvalue weighted by atomic mass is 11.3. The molecule has 0 unspecified atom stereocenters. The van der Waals surface area contributed by atoms with Gasteiger partial charge in [-0.25, -0.2) is 0 Å². The zero-order valence-corrected chi connectivity index (χ0v) is 9.14. The minimum atomic E-state index is 0. The van der Waals surface area contributed by atoms with Gasteiger partial charge in [-0.1, -0.05) is 0 Å². The Morgan fingerprint density at radius 1 is 0.300 bits per heavy atom. The van der Waals surface area contributed by atoms with Crippen LogP contribution in [0, 0.1) is 0 Å². The topological polar surface area (TPSA) is 0 Å². The van der Waals surface area contributed by atoms with Gasteiger partial charge in [0.15, 0.2) is 0 Å². The average molecular weight is 230 g/mol. The van der Waals surface area contributed by atoms with Crippen LogP contribution >= 0.6 is 49.6 Å². The molecule has 68 valence electrons. The first-order chi connectivity index (χ1) is 3.00. The van der Waals surface area contributed by atoms with Crippen LogP contribution in [-0.2, 0) is 0 Å². The highest BCUT2D eigenvalue weighted by molar-refractivity contribution is 5.86. The number of hydrogen-bond donors (Lipinski definition) is 0. The molecule has 0 spiro atoms. The van der Waals surface area contributed by atoms with Crippen molar-refractivity contribution in [3.8, 4) is 0 Å². The molecule has 0 atom stereocenters. The van der Waals surface area contributed by atoms with Gasteiger partial charge in [-0.3, -0.25) is 0 Å². The van der Waals surface area contributed by atoms with Crippen molar-refractivity contribution in [3.05, 3.63) is 39.5 Å². The molecule has 0 rings (SSSR count). The molecule has 0 amide bonds. The van der Waals surface area contributed by atoms with Gasteiger partial charge in [-0.2, -0.15) is 0 Å². The maximum atomic E-state index is 3.00. The Morgan fingerprint density at radius 3 is 0.300 bits per heavy atom. The van der Waals surface area contributed by atoms with Crippen molar-refractivity contribution in [3.63, 3.8) is 0 Å². The Morgan fingerprint density at radius 2 is 0.300 bits per heavy atom. The van der Waals surface area contributed by atoms with Gasteiger partial charge in [0, 0.05) is 0 Å². The molecule has 10 heavy (non-hydrogen) atoms. The first-order valence-corrected chi connectivity index (χ1v) is 1.50. The van der Waals surface area contributed by atoms with E-state index in [1.807, 2.05) is 0 Å². The molecular weight excluding hydrogens is 214 g/mol. The van der Waals surface area contributed by atoms with Gasteiger partial charge in [0.1, 0.15) is 0 Å². The molecule has 0 aliphatic heterocycles. The highest BCUT2D eigenvalue weighted by Gasteiger charge is 0.605. The molecule has 0 heterocycles. The Kier molecular flexibility index (Phi) is 36500. The molecule has 0 saturated carbocycles. The highest BCUT2D eigenvalue weighted by atomic mass is 35.5. The monoisotopic (exact) mass is 228 g/mol. The number of halogens is 4. The molecule has 0 aliphatic rings. The van der Waals surface area contributed by atoms with E-state index in [2.05, 4.69) is 39.5 Å². The Balaban J connectivity index is -0.00000000225. The van der Waals surface area contributed by atoms with Crippen LogP contribution in [0.3, 0.4) is 0 Å². The summed E-state index contributed by atoms with van der Waals surface area (Å²) in [6.45, 7) is 18.0. The van der Waals surface area contributed by atoms with E-state index in [-0.39, 0.29) is 49.6 Å². The number of hydrogen-bond acceptors (Lipinski definition) is 0. The quantitative estimate of drug-likeness (QED) is 0.549. The molecule has 4 heteroatoms. The van der Waals surface area contributed by atoms with Crippen LogP contribution in [0.4, 0.5) is 0 Å². The summed E-state index contributed by atoms with van der Waals surface area (Å²) in [6.07, 6.45) is 0. The van der Waals surface area contributed by atoms with Gasteiger partial charge in [0.05, 0.1) is 0 Å². The van der Waals surface area contributed by atoms with Crippen LogP contribution in [0.2, 0.25) is 0 Å². The van der Waals surface area contributed by atoms with Crippen molar-refractivity contribution >= 4 is 49.6 Å². The molecule has 0 aromatic carbocycles. The van der Waals surface area contributed by atoms with Gasteiger partial charge in [0.2, 0.25) is 0 Å². The normalized spacial score (nSPS) is 1.20. The van der Waals surface area contributed by atoms with E-state index in [0.717, 1.165) is 0 Å². The van der Waals surface area contributed by atoms with Crippen LogP contribution in [0.25, 0.3) is 0 Å². The van der Waals surface area contributed by atoms with Gasteiger partial charge in [-0.05, 0) is 0 Å². The van der Waals surface area contributed by atoms with Crippen molar-refractivity contribution in [1.82, 2.24) is 0 Å². The molecule has 0 aromatic rings. The average Bonchev–Trinajstić information content (AvgIpc) is 1.81.